The van der Waals surface area contributed by atoms with E-state index in [4.69, 9.17) is 5.73 Å². The molecule has 6 heteroatoms. The first-order valence-electron chi connectivity index (χ1n) is 4.35. The Morgan fingerprint density at radius 3 is 2.73 bits per heavy atom. The zero-order valence-electron chi connectivity index (χ0n) is 7.89. The van der Waals surface area contributed by atoms with Crippen molar-refractivity contribution < 1.29 is 14.4 Å². The van der Waals surface area contributed by atoms with Gasteiger partial charge in [-0.3, -0.25) is 10.1 Å². The third-order valence-corrected chi connectivity index (χ3v) is 1.98. The zero-order chi connectivity index (χ0) is 11.4. The topological polar surface area (TPSA) is 89.4 Å². The van der Waals surface area contributed by atoms with Crippen LogP contribution in [0.1, 0.15) is 5.56 Å². The summed E-state index contributed by atoms with van der Waals surface area (Å²) in [6.07, 6.45) is -0.777. The molecule has 0 aliphatic heterocycles. The molecule has 1 unspecified atom stereocenters. The molecule has 0 bridgehead atoms. The van der Waals surface area contributed by atoms with Gasteiger partial charge in [0, 0.05) is 19.0 Å². The van der Waals surface area contributed by atoms with Gasteiger partial charge < -0.3 is 10.8 Å². The number of rotatable bonds is 4. The Kier molecular flexibility index (Phi) is 3.70. The third-order valence-electron chi connectivity index (χ3n) is 1.98. The van der Waals surface area contributed by atoms with Crippen molar-refractivity contribution in [3.63, 3.8) is 0 Å². The van der Waals surface area contributed by atoms with Gasteiger partial charge in [0.05, 0.1) is 17.1 Å². The summed E-state index contributed by atoms with van der Waals surface area (Å²) in [6.45, 7) is 0.0242. The largest absolute Gasteiger partial charge is 0.391 e. The molecule has 0 aliphatic rings. The Labute approximate surface area is 85.5 Å². The molecule has 0 radical (unpaired) electrons. The highest BCUT2D eigenvalue weighted by Crippen LogP contribution is 2.17. The number of hydrogen-bond donors (Lipinski definition) is 2. The molecule has 82 valence electrons. The number of halogens is 1. The third kappa shape index (κ3) is 2.97. The summed E-state index contributed by atoms with van der Waals surface area (Å²) in [7, 11) is 0. The first-order chi connectivity index (χ1) is 7.04. The van der Waals surface area contributed by atoms with Gasteiger partial charge in [0.2, 0.25) is 0 Å². The monoisotopic (exact) mass is 214 g/mol. The van der Waals surface area contributed by atoms with E-state index in [1.807, 2.05) is 0 Å². The molecule has 0 heterocycles. The molecule has 15 heavy (non-hydrogen) atoms. The smallest absolute Gasteiger partial charge is 0.272 e. The van der Waals surface area contributed by atoms with Crippen molar-refractivity contribution >= 4 is 5.69 Å². The van der Waals surface area contributed by atoms with Crippen molar-refractivity contribution in [1.29, 1.82) is 0 Å². The average Bonchev–Trinajstić information content (AvgIpc) is 2.20. The van der Waals surface area contributed by atoms with Gasteiger partial charge in [0.15, 0.2) is 0 Å². The number of non-ortho nitro benzene ring substituents is 1. The maximum atomic E-state index is 13.3. The molecule has 5 nitrogen and oxygen atoms in total. The number of hydrogen-bond acceptors (Lipinski definition) is 4. The van der Waals surface area contributed by atoms with Crippen LogP contribution in [0.5, 0.6) is 0 Å². The molecule has 1 rings (SSSR count). The van der Waals surface area contributed by atoms with Gasteiger partial charge in [-0.2, -0.15) is 0 Å². The Morgan fingerprint density at radius 2 is 2.27 bits per heavy atom. The minimum absolute atomic E-state index is 0.0242. The molecule has 0 amide bonds. The minimum atomic E-state index is -0.832. The lowest BCUT2D eigenvalue weighted by molar-refractivity contribution is -0.385. The van der Waals surface area contributed by atoms with Crippen molar-refractivity contribution in [1.82, 2.24) is 0 Å². The lowest BCUT2D eigenvalue weighted by Gasteiger charge is -2.07. The summed E-state index contributed by atoms with van der Waals surface area (Å²) >= 11 is 0. The minimum Gasteiger partial charge on any atom is -0.391 e. The molecule has 0 aliphatic carbocycles. The zero-order valence-corrected chi connectivity index (χ0v) is 7.89. The second kappa shape index (κ2) is 4.81. The number of benzene rings is 1. The summed E-state index contributed by atoms with van der Waals surface area (Å²) in [4.78, 5) is 9.64. The average molecular weight is 214 g/mol. The van der Waals surface area contributed by atoms with Crippen LogP contribution in [0.15, 0.2) is 18.2 Å². The molecule has 0 saturated heterocycles. The van der Waals surface area contributed by atoms with E-state index in [0.717, 1.165) is 6.07 Å². The van der Waals surface area contributed by atoms with Gasteiger partial charge in [-0.05, 0) is 11.6 Å². The molecular weight excluding hydrogens is 203 g/mol. The van der Waals surface area contributed by atoms with Crippen molar-refractivity contribution in [3.8, 4) is 0 Å². The highest BCUT2D eigenvalue weighted by molar-refractivity contribution is 5.34. The molecule has 0 spiro atoms. The van der Waals surface area contributed by atoms with Gasteiger partial charge in [-0.15, -0.1) is 0 Å². The Hall–Kier alpha value is -1.53. The first kappa shape index (κ1) is 11.5. The number of nitrogens with two attached hydrogens (primary N) is 1. The summed E-state index contributed by atoms with van der Waals surface area (Å²) in [5.41, 5.74) is 5.08. The van der Waals surface area contributed by atoms with E-state index in [2.05, 4.69) is 0 Å². The van der Waals surface area contributed by atoms with E-state index in [1.54, 1.807) is 0 Å². The van der Waals surface area contributed by atoms with Crippen LogP contribution in [-0.4, -0.2) is 22.7 Å². The first-order valence-corrected chi connectivity index (χ1v) is 4.35. The lowest BCUT2D eigenvalue weighted by Crippen LogP contribution is -2.22. The van der Waals surface area contributed by atoms with Crippen molar-refractivity contribution in [2.75, 3.05) is 6.54 Å². The van der Waals surface area contributed by atoms with E-state index in [-0.39, 0.29) is 24.2 Å². The van der Waals surface area contributed by atoms with E-state index in [9.17, 15) is 19.6 Å². The number of nitro benzene ring substituents is 1. The summed E-state index contributed by atoms with van der Waals surface area (Å²) in [5.74, 6) is -0.698. The standard InChI is InChI=1S/C9H11FN2O3/c10-9-4-7(12(14)15)2-1-6(9)3-8(13)5-11/h1-2,4,8,13H,3,5,11H2. The van der Waals surface area contributed by atoms with Gasteiger partial charge in [0.25, 0.3) is 5.69 Å². The fraction of sp³-hybridized carbons (Fsp3) is 0.333. The van der Waals surface area contributed by atoms with Crippen molar-refractivity contribution in [2.45, 2.75) is 12.5 Å². The van der Waals surface area contributed by atoms with Crippen LogP contribution in [0, 0.1) is 15.9 Å². The maximum absolute atomic E-state index is 13.3. The molecule has 0 saturated carbocycles. The fourth-order valence-electron chi connectivity index (χ4n) is 1.15. The van der Waals surface area contributed by atoms with Gasteiger partial charge in [-0.25, -0.2) is 4.39 Å². The number of aliphatic hydroxyl groups is 1. The van der Waals surface area contributed by atoms with E-state index >= 15 is 0 Å². The van der Waals surface area contributed by atoms with E-state index < -0.39 is 16.8 Å². The van der Waals surface area contributed by atoms with Crippen LogP contribution in [0.4, 0.5) is 10.1 Å². The molecule has 3 N–H and O–H groups in total. The van der Waals surface area contributed by atoms with Crippen LogP contribution in [0.2, 0.25) is 0 Å². The SMILES string of the molecule is NCC(O)Cc1ccc([N+](=O)[O-])cc1F. The molecule has 0 fully saturated rings. The predicted octanol–water partition coefficient (Wildman–Crippen LogP) is 0.596. The molecular formula is C9H11FN2O3. The van der Waals surface area contributed by atoms with Gasteiger partial charge >= 0.3 is 0 Å². The highest BCUT2D eigenvalue weighted by atomic mass is 19.1. The summed E-state index contributed by atoms with van der Waals surface area (Å²) in [6, 6.07) is 3.31. The van der Waals surface area contributed by atoms with Crippen LogP contribution in [-0.2, 0) is 6.42 Å². The fourth-order valence-corrected chi connectivity index (χ4v) is 1.15. The Bertz CT molecular complexity index is 370. The molecule has 0 aromatic heterocycles. The quantitative estimate of drug-likeness (QED) is 0.567. The van der Waals surface area contributed by atoms with Crippen molar-refractivity contribution in [2.24, 2.45) is 5.73 Å². The predicted molar refractivity (Wildman–Crippen MR) is 51.8 cm³/mol. The second-order valence-electron chi connectivity index (χ2n) is 3.13. The number of nitrogens with zero attached hydrogens (tertiary/aromatic N) is 1. The van der Waals surface area contributed by atoms with Crippen LogP contribution < -0.4 is 5.73 Å². The lowest BCUT2D eigenvalue weighted by atomic mass is 10.1. The molecule has 1 aromatic carbocycles. The van der Waals surface area contributed by atoms with Gasteiger partial charge in [0.1, 0.15) is 5.82 Å². The Morgan fingerprint density at radius 1 is 1.60 bits per heavy atom. The van der Waals surface area contributed by atoms with Crippen LogP contribution in [0.3, 0.4) is 0 Å². The maximum Gasteiger partial charge on any atom is 0.272 e. The summed E-state index contributed by atoms with van der Waals surface area (Å²) < 4.78 is 13.3. The van der Waals surface area contributed by atoms with Crippen LogP contribution in [0.25, 0.3) is 0 Å². The van der Waals surface area contributed by atoms with E-state index in [0.29, 0.717) is 0 Å². The number of nitro groups is 1. The van der Waals surface area contributed by atoms with E-state index in [1.165, 1.54) is 12.1 Å². The van der Waals surface area contributed by atoms with Crippen molar-refractivity contribution in [3.05, 3.63) is 39.7 Å². The second-order valence-corrected chi connectivity index (χ2v) is 3.13. The Balaban J connectivity index is 2.88. The normalized spacial score (nSPS) is 12.5. The highest BCUT2D eigenvalue weighted by Gasteiger charge is 2.12. The van der Waals surface area contributed by atoms with Gasteiger partial charge in [-0.1, -0.05) is 0 Å². The number of aliphatic hydroxyl groups excluding tert-OH is 1. The van der Waals surface area contributed by atoms with Crippen LogP contribution >= 0.6 is 0 Å². The molecule has 1 atom stereocenters. The molecule has 1 aromatic rings. The summed E-state index contributed by atoms with van der Waals surface area (Å²) in [5, 5.41) is 19.5.